The van der Waals surface area contributed by atoms with Gasteiger partial charge in [-0.1, -0.05) is 22.0 Å². The van der Waals surface area contributed by atoms with Crippen LogP contribution in [0.2, 0.25) is 0 Å². The summed E-state index contributed by atoms with van der Waals surface area (Å²) in [6.07, 6.45) is -4.68. The Kier molecular flexibility index (Phi) is 3.13. The number of ether oxygens (including phenoxy) is 1. The maximum absolute atomic E-state index is 11.7. The minimum atomic E-state index is -4.68. The molecule has 1 aromatic heterocycles. The van der Waals surface area contributed by atoms with Crippen LogP contribution in [0.1, 0.15) is 5.69 Å². The molecule has 0 aliphatic heterocycles. The fourth-order valence-corrected chi connectivity index (χ4v) is 1.02. The van der Waals surface area contributed by atoms with Gasteiger partial charge in [-0.15, -0.1) is 13.2 Å². The molecule has 0 amide bonds. The predicted octanol–water partition coefficient (Wildman–Crippen LogP) is 2.88. The second-order valence-electron chi connectivity index (χ2n) is 2.15. The summed E-state index contributed by atoms with van der Waals surface area (Å²) in [7, 11) is 0. The standard InChI is InChI=1S/C7H5BrF3NO/c8-4-5-2-1-3-6(12-5)13-7(9,10)11/h1-3H,4H2. The molecule has 72 valence electrons. The Morgan fingerprint density at radius 3 is 2.62 bits per heavy atom. The van der Waals surface area contributed by atoms with E-state index < -0.39 is 12.2 Å². The zero-order valence-corrected chi connectivity index (χ0v) is 7.89. The molecule has 0 unspecified atom stereocenters. The largest absolute Gasteiger partial charge is 0.574 e. The highest BCUT2D eigenvalue weighted by atomic mass is 79.9. The van der Waals surface area contributed by atoms with Gasteiger partial charge in [0, 0.05) is 11.4 Å². The molecule has 0 aliphatic rings. The van der Waals surface area contributed by atoms with E-state index in [1.807, 2.05) is 0 Å². The quantitative estimate of drug-likeness (QED) is 0.759. The van der Waals surface area contributed by atoms with Gasteiger partial charge in [0.15, 0.2) is 0 Å². The highest BCUT2D eigenvalue weighted by Gasteiger charge is 2.31. The van der Waals surface area contributed by atoms with E-state index in [0.717, 1.165) is 6.07 Å². The zero-order chi connectivity index (χ0) is 9.90. The van der Waals surface area contributed by atoms with Crippen LogP contribution in [0, 0.1) is 0 Å². The van der Waals surface area contributed by atoms with Crippen LogP contribution in [0.15, 0.2) is 18.2 Å². The van der Waals surface area contributed by atoms with Crippen LogP contribution in [0.5, 0.6) is 5.88 Å². The smallest absolute Gasteiger partial charge is 0.388 e. The number of pyridine rings is 1. The van der Waals surface area contributed by atoms with Gasteiger partial charge in [-0.25, -0.2) is 4.98 Å². The summed E-state index contributed by atoms with van der Waals surface area (Å²) in [4.78, 5) is 3.59. The molecule has 1 rings (SSSR count). The Balaban J connectivity index is 2.78. The van der Waals surface area contributed by atoms with Crippen molar-refractivity contribution in [2.45, 2.75) is 11.7 Å². The topological polar surface area (TPSA) is 22.1 Å². The Labute approximate surface area is 80.9 Å². The van der Waals surface area contributed by atoms with Gasteiger partial charge < -0.3 is 4.74 Å². The number of aromatic nitrogens is 1. The van der Waals surface area contributed by atoms with Crippen LogP contribution < -0.4 is 4.74 Å². The number of hydrogen-bond acceptors (Lipinski definition) is 2. The van der Waals surface area contributed by atoms with Crippen LogP contribution in [-0.4, -0.2) is 11.3 Å². The first-order valence-corrected chi connectivity index (χ1v) is 4.41. The predicted molar refractivity (Wildman–Crippen MR) is 43.6 cm³/mol. The van der Waals surface area contributed by atoms with Crippen molar-refractivity contribution in [3.05, 3.63) is 23.9 Å². The Hall–Kier alpha value is -0.780. The number of halogens is 4. The molecule has 0 N–H and O–H groups in total. The van der Waals surface area contributed by atoms with E-state index in [9.17, 15) is 13.2 Å². The van der Waals surface area contributed by atoms with Crippen molar-refractivity contribution in [3.8, 4) is 5.88 Å². The summed E-state index contributed by atoms with van der Waals surface area (Å²) in [6, 6.07) is 4.20. The Morgan fingerprint density at radius 1 is 1.38 bits per heavy atom. The SMILES string of the molecule is FC(F)(F)Oc1cccc(CBr)n1. The van der Waals surface area contributed by atoms with Crippen molar-refractivity contribution in [2.24, 2.45) is 0 Å². The van der Waals surface area contributed by atoms with E-state index in [1.54, 1.807) is 6.07 Å². The van der Waals surface area contributed by atoms with Crippen LogP contribution in [0.25, 0.3) is 0 Å². The van der Waals surface area contributed by atoms with Crippen molar-refractivity contribution in [1.82, 2.24) is 4.98 Å². The first-order chi connectivity index (χ1) is 6.01. The van der Waals surface area contributed by atoms with Gasteiger partial charge in [0.2, 0.25) is 5.88 Å². The molecule has 0 radical (unpaired) electrons. The molecule has 0 saturated carbocycles. The van der Waals surface area contributed by atoms with E-state index in [2.05, 4.69) is 25.7 Å². The Bertz CT molecular complexity index is 289. The molecule has 2 nitrogen and oxygen atoms in total. The molecule has 0 aromatic carbocycles. The Morgan fingerprint density at radius 2 is 2.08 bits per heavy atom. The molecule has 13 heavy (non-hydrogen) atoms. The van der Waals surface area contributed by atoms with E-state index in [0.29, 0.717) is 11.0 Å². The first-order valence-electron chi connectivity index (χ1n) is 3.29. The monoisotopic (exact) mass is 255 g/mol. The second-order valence-corrected chi connectivity index (χ2v) is 2.71. The van der Waals surface area contributed by atoms with Crippen LogP contribution in [0.3, 0.4) is 0 Å². The van der Waals surface area contributed by atoms with Gasteiger partial charge in [0.05, 0.1) is 5.69 Å². The van der Waals surface area contributed by atoms with E-state index in [-0.39, 0.29) is 0 Å². The molecular weight excluding hydrogens is 251 g/mol. The fraction of sp³-hybridized carbons (Fsp3) is 0.286. The lowest BCUT2D eigenvalue weighted by atomic mass is 10.4. The van der Waals surface area contributed by atoms with Gasteiger partial charge >= 0.3 is 6.36 Å². The minimum Gasteiger partial charge on any atom is -0.388 e. The average Bonchev–Trinajstić information content (AvgIpc) is 2.01. The van der Waals surface area contributed by atoms with Gasteiger partial charge in [-0.3, -0.25) is 0 Å². The van der Waals surface area contributed by atoms with Crippen LogP contribution in [0.4, 0.5) is 13.2 Å². The van der Waals surface area contributed by atoms with Crippen LogP contribution in [-0.2, 0) is 5.33 Å². The normalized spacial score (nSPS) is 11.4. The second kappa shape index (κ2) is 3.95. The molecule has 1 aromatic rings. The fourth-order valence-electron chi connectivity index (χ4n) is 0.707. The molecule has 0 aliphatic carbocycles. The summed E-state index contributed by atoms with van der Waals surface area (Å²) in [5.41, 5.74) is 0.488. The highest BCUT2D eigenvalue weighted by molar-refractivity contribution is 9.08. The lowest BCUT2D eigenvalue weighted by Crippen LogP contribution is -2.18. The molecule has 0 bridgehead atoms. The summed E-state index contributed by atoms with van der Waals surface area (Å²) < 4.78 is 38.7. The molecule has 0 atom stereocenters. The molecule has 6 heteroatoms. The molecule has 0 spiro atoms. The molecule has 0 saturated heterocycles. The zero-order valence-electron chi connectivity index (χ0n) is 6.31. The van der Waals surface area contributed by atoms with Crippen molar-refractivity contribution >= 4 is 15.9 Å². The number of hydrogen-bond donors (Lipinski definition) is 0. The summed E-state index contributed by atoms with van der Waals surface area (Å²) in [6.45, 7) is 0. The molecule has 0 fully saturated rings. The maximum Gasteiger partial charge on any atom is 0.574 e. The lowest BCUT2D eigenvalue weighted by molar-refractivity contribution is -0.276. The maximum atomic E-state index is 11.7. The summed E-state index contributed by atoms with van der Waals surface area (Å²) >= 11 is 3.07. The van der Waals surface area contributed by atoms with Crippen LogP contribution >= 0.6 is 15.9 Å². The number of alkyl halides is 4. The van der Waals surface area contributed by atoms with Crippen molar-refractivity contribution in [3.63, 3.8) is 0 Å². The highest BCUT2D eigenvalue weighted by Crippen LogP contribution is 2.20. The first kappa shape index (κ1) is 10.3. The van der Waals surface area contributed by atoms with E-state index >= 15 is 0 Å². The summed E-state index contributed by atoms with van der Waals surface area (Å²) in [5.74, 6) is -0.440. The van der Waals surface area contributed by atoms with Gasteiger partial charge in [0.25, 0.3) is 0 Å². The molecular formula is C7H5BrF3NO. The van der Waals surface area contributed by atoms with Gasteiger partial charge in [-0.2, -0.15) is 0 Å². The van der Waals surface area contributed by atoms with Crippen molar-refractivity contribution in [2.75, 3.05) is 0 Å². The lowest BCUT2D eigenvalue weighted by Gasteiger charge is -2.07. The molecule has 1 heterocycles. The van der Waals surface area contributed by atoms with Gasteiger partial charge in [0.1, 0.15) is 0 Å². The third kappa shape index (κ3) is 3.63. The van der Waals surface area contributed by atoms with Gasteiger partial charge in [-0.05, 0) is 6.07 Å². The van der Waals surface area contributed by atoms with Crippen molar-refractivity contribution < 1.29 is 17.9 Å². The third-order valence-corrected chi connectivity index (χ3v) is 1.71. The number of rotatable bonds is 2. The van der Waals surface area contributed by atoms with E-state index in [1.165, 1.54) is 6.07 Å². The third-order valence-electron chi connectivity index (χ3n) is 1.14. The number of nitrogens with zero attached hydrogens (tertiary/aromatic N) is 1. The summed E-state index contributed by atoms with van der Waals surface area (Å²) in [5, 5.41) is 0.391. The van der Waals surface area contributed by atoms with E-state index in [4.69, 9.17) is 0 Å². The average molecular weight is 256 g/mol. The minimum absolute atomic E-state index is 0.391. The van der Waals surface area contributed by atoms with Crippen molar-refractivity contribution in [1.29, 1.82) is 0 Å².